The van der Waals surface area contributed by atoms with Gasteiger partial charge in [0.2, 0.25) is 11.8 Å². The minimum absolute atomic E-state index is 0.534. The lowest BCUT2D eigenvalue weighted by Gasteiger charge is -2.41. The van der Waals surface area contributed by atoms with E-state index in [9.17, 15) is 29.8 Å². The van der Waals surface area contributed by atoms with Gasteiger partial charge in [-0.2, -0.15) is 0 Å². The van der Waals surface area contributed by atoms with Crippen molar-refractivity contribution in [2.75, 3.05) is 6.61 Å². The van der Waals surface area contributed by atoms with Crippen LogP contribution in [0, 0.1) is 4.91 Å². The molecule has 6 atom stereocenters. The maximum absolute atomic E-state index is 12.5. The van der Waals surface area contributed by atoms with Gasteiger partial charge in [-0.15, -0.1) is 4.91 Å². The number of hydrogen-bond acceptors (Lipinski definition) is 10. The summed E-state index contributed by atoms with van der Waals surface area (Å²) in [6.07, 6.45) is -7.52. The molecule has 0 radical (unpaired) electrons. The van der Waals surface area contributed by atoms with E-state index in [-0.39, 0.29) is 0 Å². The minimum Gasteiger partial charge on any atom is -0.394 e. The smallest absolute Gasteiger partial charge is 0.246 e. The third-order valence-electron chi connectivity index (χ3n) is 3.75. The average Bonchev–Trinajstić information content (AvgIpc) is 2.52. The molecule has 1 heterocycles. The van der Waals surface area contributed by atoms with Crippen molar-refractivity contribution in [3.63, 3.8) is 0 Å². The van der Waals surface area contributed by atoms with Crippen LogP contribution in [-0.2, 0) is 14.3 Å². The Balaban J connectivity index is 2.94. The van der Waals surface area contributed by atoms with Crippen molar-refractivity contribution in [2.24, 2.45) is 4.58 Å². The van der Waals surface area contributed by atoms with E-state index in [1.165, 1.54) is 20.8 Å². The largest absolute Gasteiger partial charge is 0.394 e. The Morgan fingerprint density at radius 3 is 2.32 bits per heavy atom. The molecule has 12 heteroatoms. The molecular weight excluding hydrogens is 359 g/mol. The first-order valence-corrected chi connectivity index (χ1v) is 8.21. The van der Waals surface area contributed by atoms with Gasteiger partial charge in [0, 0.05) is 23.5 Å². The normalized spacial score (nSPS) is 31.1. The number of ether oxygens (including phenoxy) is 1. The molecule has 0 aromatic heterocycles. The third kappa shape index (κ3) is 5.33. The lowest BCUT2D eigenvalue weighted by atomic mass is 9.97. The van der Waals surface area contributed by atoms with Crippen LogP contribution in [-0.4, -0.2) is 80.3 Å². The van der Waals surface area contributed by atoms with Gasteiger partial charge in [0.05, 0.1) is 11.4 Å². The number of aliphatic hydroxyl groups is 4. The predicted molar refractivity (Wildman–Crippen MR) is 87.0 cm³/mol. The van der Waals surface area contributed by atoms with Gasteiger partial charge >= 0.3 is 0 Å². The molecule has 144 valence electrons. The highest BCUT2D eigenvalue weighted by molar-refractivity contribution is 7.99. The molecule has 2 amide bonds. The Hall–Kier alpha value is -1.31. The predicted octanol–water partition coefficient (Wildman–Crippen LogP) is -2.40. The van der Waals surface area contributed by atoms with Gasteiger partial charge in [0.25, 0.3) is 0 Å². The molecule has 0 bridgehead atoms. The van der Waals surface area contributed by atoms with Crippen molar-refractivity contribution in [1.82, 2.24) is 10.6 Å². The zero-order valence-electron chi connectivity index (χ0n) is 13.9. The number of rotatable bonds is 7. The van der Waals surface area contributed by atoms with Gasteiger partial charge in [-0.25, -0.2) is 0 Å². The molecule has 0 saturated carbocycles. The number of nitroso groups, excluding NO2 is 1. The first-order chi connectivity index (χ1) is 11.5. The second-order valence-corrected chi connectivity index (χ2v) is 7.54. The fourth-order valence-electron chi connectivity index (χ4n) is 2.35. The standard InChI is InChI=1S/C13H23N3O8S/c1-5(18)14-10(13(2,3)25-16-23)11(22)15-12-9(21)8(20)7(19)6(4-17)24-12/h6-10,12,17,19-21H,4H2,1-3H3,(H,14,18)(H,15,22)/t6-,7-,8+,9-,10+,12-/m1/s1/i16+1. The highest BCUT2D eigenvalue weighted by Crippen LogP contribution is 2.29. The van der Waals surface area contributed by atoms with Gasteiger partial charge in [0.15, 0.2) is 6.23 Å². The van der Waals surface area contributed by atoms with Crippen LogP contribution in [0.3, 0.4) is 0 Å². The number of nitrogens with one attached hydrogen (secondary N) is 2. The molecule has 1 fully saturated rings. The van der Waals surface area contributed by atoms with Gasteiger partial charge in [-0.3, -0.25) is 9.59 Å². The first kappa shape index (κ1) is 21.7. The molecule has 11 nitrogen and oxygen atoms in total. The van der Waals surface area contributed by atoms with Crippen molar-refractivity contribution < 1.29 is 34.8 Å². The third-order valence-corrected chi connectivity index (χ3v) is 4.54. The zero-order valence-corrected chi connectivity index (χ0v) is 14.8. The van der Waals surface area contributed by atoms with Crippen LogP contribution in [0.1, 0.15) is 20.8 Å². The highest BCUT2D eigenvalue weighted by Gasteiger charge is 2.46. The monoisotopic (exact) mass is 382 g/mol. The summed E-state index contributed by atoms with van der Waals surface area (Å²) in [7, 11) is 0. The van der Waals surface area contributed by atoms with Gasteiger partial charge < -0.3 is 35.8 Å². The quantitative estimate of drug-likeness (QED) is 0.159. The fourth-order valence-corrected chi connectivity index (χ4v) is 2.81. The van der Waals surface area contributed by atoms with Gasteiger partial charge in [-0.05, 0) is 13.8 Å². The van der Waals surface area contributed by atoms with Crippen molar-refractivity contribution >= 4 is 23.8 Å². The number of nitrogens with zero attached hydrogens (tertiary/aromatic N) is 1. The molecule has 6 N–H and O–H groups in total. The summed E-state index contributed by atoms with van der Waals surface area (Å²) in [5.74, 6) is -1.34. The Kier molecular flexibility index (Phi) is 7.71. The van der Waals surface area contributed by atoms with E-state index in [2.05, 4.69) is 15.2 Å². The molecule has 0 aromatic carbocycles. The molecule has 0 aliphatic carbocycles. The number of aliphatic hydroxyl groups excluding tert-OH is 4. The first-order valence-electron chi connectivity index (χ1n) is 7.44. The summed E-state index contributed by atoms with van der Waals surface area (Å²) in [5.41, 5.74) is 0. The Morgan fingerprint density at radius 1 is 1.24 bits per heavy atom. The van der Waals surface area contributed by atoms with Crippen LogP contribution in [0.25, 0.3) is 0 Å². The fraction of sp³-hybridized carbons (Fsp3) is 0.846. The van der Waals surface area contributed by atoms with E-state index in [1.54, 1.807) is 0 Å². The van der Waals surface area contributed by atoms with Gasteiger partial charge in [0.1, 0.15) is 30.5 Å². The van der Waals surface area contributed by atoms with Crippen LogP contribution < -0.4 is 10.6 Å². The lowest BCUT2D eigenvalue weighted by molar-refractivity contribution is -0.236. The molecule has 0 unspecified atom stereocenters. The van der Waals surface area contributed by atoms with Crippen LogP contribution in [0.2, 0.25) is 0 Å². The van der Waals surface area contributed by atoms with E-state index in [4.69, 9.17) is 9.84 Å². The number of hydrogen-bond donors (Lipinski definition) is 6. The van der Waals surface area contributed by atoms with E-state index >= 15 is 0 Å². The van der Waals surface area contributed by atoms with E-state index in [0.717, 1.165) is 0 Å². The molecule has 25 heavy (non-hydrogen) atoms. The molecular formula is C13H23N3O8S. The summed E-state index contributed by atoms with van der Waals surface area (Å²) in [6.45, 7) is 3.55. The average molecular weight is 382 g/mol. The number of carbonyl (C=O) groups excluding carboxylic acids is 2. The second-order valence-electron chi connectivity index (χ2n) is 6.16. The summed E-state index contributed by atoms with van der Waals surface area (Å²) >= 11 is 0.542. The van der Waals surface area contributed by atoms with Crippen LogP contribution in [0.4, 0.5) is 0 Å². The van der Waals surface area contributed by atoms with E-state index in [1.807, 2.05) is 0 Å². The zero-order chi connectivity index (χ0) is 19.4. The van der Waals surface area contributed by atoms with Crippen LogP contribution in [0.15, 0.2) is 4.58 Å². The van der Waals surface area contributed by atoms with Crippen molar-refractivity contribution in [1.29, 1.82) is 0 Å². The van der Waals surface area contributed by atoms with Gasteiger partial charge in [-0.1, -0.05) is 0 Å². The minimum atomic E-state index is -1.67. The maximum atomic E-state index is 12.5. The Labute approximate surface area is 148 Å². The van der Waals surface area contributed by atoms with Crippen LogP contribution in [0.5, 0.6) is 0 Å². The van der Waals surface area contributed by atoms with Crippen LogP contribution >= 0.6 is 11.9 Å². The van der Waals surface area contributed by atoms with Crippen molar-refractivity contribution in [3.8, 4) is 0 Å². The molecule has 0 spiro atoms. The molecule has 1 rings (SSSR count). The molecule has 1 aliphatic rings. The maximum Gasteiger partial charge on any atom is 0.246 e. The van der Waals surface area contributed by atoms with Crippen molar-refractivity contribution in [2.45, 2.75) is 62.2 Å². The SMILES string of the molecule is CC(=O)N[C@@H](C(=O)N[C@@H]1O[C@H](CO)[C@@H](O)[C@H](O)[C@H]1O)C(C)(C)S[15N]=O. The number of carbonyl (C=O) groups is 2. The van der Waals surface area contributed by atoms with E-state index in [0.29, 0.717) is 11.9 Å². The van der Waals surface area contributed by atoms with Crippen molar-refractivity contribution in [3.05, 3.63) is 4.91 Å². The number of amides is 2. The Bertz CT molecular complexity index is 504. The van der Waals surface area contributed by atoms with E-state index < -0.39 is 59.9 Å². The molecule has 1 saturated heterocycles. The summed E-state index contributed by atoms with van der Waals surface area (Å²) < 4.78 is 6.74. The second kappa shape index (κ2) is 8.87. The molecule has 1 aliphatic heterocycles. The highest BCUT2D eigenvalue weighted by atomic mass is 32.2. The molecule has 0 aromatic rings. The lowest BCUT2D eigenvalue weighted by Crippen LogP contribution is -2.66. The summed E-state index contributed by atoms with van der Waals surface area (Å²) in [5, 5.41) is 43.2. The summed E-state index contributed by atoms with van der Waals surface area (Å²) in [6, 6.07) is -1.21. The summed E-state index contributed by atoms with van der Waals surface area (Å²) in [4.78, 5) is 34.4. The Morgan fingerprint density at radius 2 is 1.84 bits per heavy atom. The topological polar surface area (TPSA) is 178 Å².